The third-order valence-electron chi connectivity index (χ3n) is 3.24. The van der Waals surface area contributed by atoms with Gasteiger partial charge in [-0.15, -0.1) is 0 Å². The van der Waals surface area contributed by atoms with Gasteiger partial charge < -0.3 is 4.74 Å². The van der Waals surface area contributed by atoms with Crippen LogP contribution in [0.15, 0.2) is 66.7 Å². The van der Waals surface area contributed by atoms with Gasteiger partial charge in [-0.2, -0.15) is 0 Å². The molecule has 0 unspecified atom stereocenters. The van der Waals surface area contributed by atoms with Gasteiger partial charge in [-0.05, 0) is 30.7 Å². The van der Waals surface area contributed by atoms with E-state index in [9.17, 15) is 4.79 Å². The Morgan fingerprint density at radius 1 is 1.00 bits per heavy atom. The van der Waals surface area contributed by atoms with Crippen molar-refractivity contribution in [1.29, 1.82) is 0 Å². The minimum Gasteiger partial charge on any atom is -0.421 e. The molecule has 0 saturated carbocycles. The lowest BCUT2D eigenvalue weighted by atomic mass is 10.2. The second-order valence-corrected chi connectivity index (χ2v) is 4.95. The van der Waals surface area contributed by atoms with Crippen LogP contribution in [0.3, 0.4) is 0 Å². The molecule has 3 aromatic rings. The maximum absolute atomic E-state index is 12.0. The van der Waals surface area contributed by atoms with Crippen LogP contribution in [0.4, 0.5) is 0 Å². The normalized spacial score (nSPS) is 11.0. The smallest absolute Gasteiger partial charge is 0.336 e. The monoisotopic (exact) mass is 289 g/mol. The van der Waals surface area contributed by atoms with Crippen LogP contribution in [-0.2, 0) is 4.79 Å². The summed E-state index contributed by atoms with van der Waals surface area (Å²) in [6.45, 7) is 1.91. The lowest BCUT2D eigenvalue weighted by molar-refractivity contribution is -0.128. The summed E-state index contributed by atoms with van der Waals surface area (Å²) < 4.78 is 5.42. The summed E-state index contributed by atoms with van der Waals surface area (Å²) in [4.78, 5) is 16.4. The number of nitrogens with zero attached hydrogens (tertiary/aromatic N) is 1. The largest absolute Gasteiger partial charge is 0.421 e. The number of esters is 1. The molecule has 0 saturated heterocycles. The fourth-order valence-electron chi connectivity index (χ4n) is 2.17. The molecule has 0 bridgehead atoms. The summed E-state index contributed by atoms with van der Waals surface area (Å²) in [6, 6.07) is 19.1. The molecule has 0 radical (unpaired) electrons. The van der Waals surface area contributed by atoms with Gasteiger partial charge in [0, 0.05) is 17.2 Å². The van der Waals surface area contributed by atoms with Crippen molar-refractivity contribution in [3.05, 3.63) is 78.0 Å². The van der Waals surface area contributed by atoms with Gasteiger partial charge in [0.2, 0.25) is 0 Å². The number of ether oxygens (including phenoxy) is 1. The number of fused-ring (bicyclic) bond motifs is 1. The Hall–Kier alpha value is -2.94. The van der Waals surface area contributed by atoms with E-state index in [4.69, 9.17) is 4.74 Å². The molecule has 0 fully saturated rings. The van der Waals surface area contributed by atoms with E-state index in [1.165, 1.54) is 6.08 Å². The van der Waals surface area contributed by atoms with Crippen molar-refractivity contribution in [3.8, 4) is 5.75 Å². The van der Waals surface area contributed by atoms with E-state index in [-0.39, 0.29) is 0 Å². The average Bonchev–Trinajstić information content (AvgIpc) is 2.54. The molecular formula is C19H15NO2. The van der Waals surface area contributed by atoms with Gasteiger partial charge in [0.1, 0.15) is 5.52 Å². The first-order chi connectivity index (χ1) is 10.7. The molecule has 0 aliphatic heterocycles. The number of hydrogen-bond acceptors (Lipinski definition) is 3. The van der Waals surface area contributed by atoms with Gasteiger partial charge in [0.25, 0.3) is 0 Å². The predicted molar refractivity (Wildman–Crippen MR) is 87.6 cm³/mol. The van der Waals surface area contributed by atoms with Gasteiger partial charge in [0.15, 0.2) is 5.75 Å². The number of aromatic nitrogens is 1. The third-order valence-corrected chi connectivity index (χ3v) is 3.24. The van der Waals surface area contributed by atoms with Crippen molar-refractivity contribution in [2.45, 2.75) is 6.92 Å². The van der Waals surface area contributed by atoms with Gasteiger partial charge in [-0.3, -0.25) is 0 Å². The van der Waals surface area contributed by atoms with Crippen LogP contribution < -0.4 is 4.74 Å². The highest BCUT2D eigenvalue weighted by atomic mass is 16.5. The molecule has 1 heterocycles. The van der Waals surface area contributed by atoms with E-state index in [1.807, 2.05) is 61.5 Å². The summed E-state index contributed by atoms with van der Waals surface area (Å²) in [6.07, 6.45) is 3.15. The number of aryl methyl sites for hydroxylation is 1. The van der Waals surface area contributed by atoms with Crippen LogP contribution in [0, 0.1) is 6.92 Å². The van der Waals surface area contributed by atoms with E-state index < -0.39 is 5.97 Å². The first-order valence-corrected chi connectivity index (χ1v) is 7.04. The zero-order valence-corrected chi connectivity index (χ0v) is 12.2. The van der Waals surface area contributed by atoms with Crippen LogP contribution in [0.1, 0.15) is 11.3 Å². The fraction of sp³-hybridized carbons (Fsp3) is 0.0526. The number of pyridine rings is 1. The first-order valence-electron chi connectivity index (χ1n) is 7.04. The Labute approximate surface area is 128 Å². The van der Waals surface area contributed by atoms with E-state index in [1.54, 1.807) is 12.1 Å². The van der Waals surface area contributed by atoms with E-state index >= 15 is 0 Å². The Morgan fingerprint density at radius 2 is 1.82 bits per heavy atom. The minimum absolute atomic E-state index is 0.417. The third kappa shape index (κ3) is 3.20. The lowest BCUT2D eigenvalue weighted by Gasteiger charge is -2.06. The predicted octanol–water partition coefficient (Wildman–Crippen LogP) is 4.16. The van der Waals surface area contributed by atoms with Crippen LogP contribution in [0.2, 0.25) is 0 Å². The van der Waals surface area contributed by atoms with Gasteiger partial charge in [-0.1, -0.05) is 48.5 Å². The maximum atomic E-state index is 12.0. The molecule has 108 valence electrons. The number of carbonyl (C=O) groups excluding carboxylic acids is 1. The maximum Gasteiger partial charge on any atom is 0.336 e. The molecule has 0 N–H and O–H groups in total. The molecule has 2 aromatic carbocycles. The van der Waals surface area contributed by atoms with Crippen molar-refractivity contribution in [1.82, 2.24) is 4.98 Å². The van der Waals surface area contributed by atoms with Crippen LogP contribution in [-0.4, -0.2) is 11.0 Å². The van der Waals surface area contributed by atoms with E-state index in [0.29, 0.717) is 11.3 Å². The first kappa shape index (κ1) is 14.0. The Kier molecular flexibility index (Phi) is 3.97. The lowest BCUT2D eigenvalue weighted by Crippen LogP contribution is -2.04. The zero-order chi connectivity index (χ0) is 15.4. The van der Waals surface area contributed by atoms with Gasteiger partial charge in [-0.25, -0.2) is 9.78 Å². The number of carbonyl (C=O) groups is 1. The van der Waals surface area contributed by atoms with Crippen molar-refractivity contribution < 1.29 is 9.53 Å². The number of rotatable bonds is 3. The van der Waals surface area contributed by atoms with Crippen LogP contribution in [0.5, 0.6) is 5.75 Å². The quantitative estimate of drug-likeness (QED) is 0.413. The molecule has 0 spiro atoms. The standard InChI is InChI=1S/C19H15NO2/c1-14-10-12-16-8-5-9-17(19(16)20-14)22-18(21)13-11-15-6-3-2-4-7-15/h2-13H,1H3. The number of benzene rings is 2. The second-order valence-electron chi connectivity index (χ2n) is 4.95. The van der Waals surface area contributed by atoms with Crippen molar-refractivity contribution in [2.24, 2.45) is 0 Å². The van der Waals surface area contributed by atoms with Gasteiger partial charge in [0.05, 0.1) is 0 Å². The summed E-state index contributed by atoms with van der Waals surface area (Å²) in [5.74, 6) is 0.0589. The number of hydrogen-bond donors (Lipinski definition) is 0. The molecule has 0 aliphatic carbocycles. The molecular weight excluding hydrogens is 274 g/mol. The summed E-state index contributed by atoms with van der Waals surface area (Å²) in [5, 5.41) is 0.947. The fourth-order valence-corrected chi connectivity index (χ4v) is 2.17. The second kappa shape index (κ2) is 6.22. The zero-order valence-electron chi connectivity index (χ0n) is 12.2. The van der Waals surface area contributed by atoms with E-state index in [2.05, 4.69) is 4.98 Å². The minimum atomic E-state index is -0.417. The number of para-hydroxylation sites is 1. The molecule has 0 atom stereocenters. The van der Waals surface area contributed by atoms with Crippen LogP contribution >= 0.6 is 0 Å². The van der Waals surface area contributed by atoms with Crippen molar-refractivity contribution >= 4 is 22.9 Å². The Balaban J connectivity index is 1.82. The highest BCUT2D eigenvalue weighted by molar-refractivity contribution is 5.92. The molecule has 3 nitrogen and oxygen atoms in total. The molecule has 0 amide bonds. The average molecular weight is 289 g/mol. The van der Waals surface area contributed by atoms with Gasteiger partial charge >= 0.3 is 5.97 Å². The molecule has 0 aliphatic rings. The molecule has 1 aromatic heterocycles. The summed E-state index contributed by atoms with van der Waals surface area (Å²) in [7, 11) is 0. The van der Waals surface area contributed by atoms with Crippen LogP contribution in [0.25, 0.3) is 17.0 Å². The highest BCUT2D eigenvalue weighted by Crippen LogP contribution is 2.24. The van der Waals surface area contributed by atoms with Crippen molar-refractivity contribution in [2.75, 3.05) is 0 Å². The van der Waals surface area contributed by atoms with E-state index in [0.717, 1.165) is 16.6 Å². The summed E-state index contributed by atoms with van der Waals surface area (Å²) >= 11 is 0. The molecule has 3 rings (SSSR count). The SMILES string of the molecule is Cc1ccc2cccc(OC(=O)C=Cc3ccccc3)c2n1. The molecule has 3 heteroatoms. The Morgan fingerprint density at radius 3 is 2.64 bits per heavy atom. The summed E-state index contributed by atoms with van der Waals surface area (Å²) in [5.41, 5.74) is 2.53. The Bertz CT molecular complexity index is 838. The van der Waals surface area contributed by atoms with Crippen molar-refractivity contribution in [3.63, 3.8) is 0 Å². The topological polar surface area (TPSA) is 39.2 Å². The molecule has 22 heavy (non-hydrogen) atoms. The highest BCUT2D eigenvalue weighted by Gasteiger charge is 2.07.